The molecule has 0 aromatic carbocycles. The fourth-order valence-electron chi connectivity index (χ4n) is 2.71. The van der Waals surface area contributed by atoms with Crippen LogP contribution in [0.25, 0.3) is 0 Å². The molecule has 0 atom stereocenters. The third-order valence-electron chi connectivity index (χ3n) is 4.26. The van der Waals surface area contributed by atoms with Gasteiger partial charge in [-0.05, 0) is 39.0 Å². The minimum atomic E-state index is -0.837. The van der Waals surface area contributed by atoms with E-state index in [9.17, 15) is 9.59 Å². The molecule has 0 unspecified atom stereocenters. The number of hydrogen-bond acceptors (Lipinski definition) is 3. The number of amides is 2. The first-order chi connectivity index (χ1) is 9.48. The van der Waals surface area contributed by atoms with Crippen LogP contribution >= 0.6 is 0 Å². The zero-order valence-corrected chi connectivity index (χ0v) is 12.1. The Bertz CT molecular complexity index is 360. The molecule has 114 valence electrons. The molecule has 0 aromatic heterocycles. The van der Waals surface area contributed by atoms with Crippen LogP contribution in [0.2, 0.25) is 0 Å². The molecule has 1 saturated heterocycles. The third-order valence-corrected chi connectivity index (χ3v) is 4.26. The van der Waals surface area contributed by atoms with Gasteiger partial charge in [-0.1, -0.05) is 0 Å². The number of carboxylic acid groups (broad SMARTS) is 1. The summed E-state index contributed by atoms with van der Waals surface area (Å²) in [7, 11) is 0. The molecule has 6 nitrogen and oxygen atoms in total. The Morgan fingerprint density at radius 2 is 2.00 bits per heavy atom. The molecule has 0 radical (unpaired) electrons. The first kappa shape index (κ1) is 15.1. The molecule has 1 aliphatic carbocycles. The molecular weight excluding hydrogens is 260 g/mol. The van der Waals surface area contributed by atoms with Gasteiger partial charge in [0.15, 0.2) is 0 Å². The van der Waals surface area contributed by atoms with E-state index in [1.165, 1.54) is 6.42 Å². The number of nitrogens with zero attached hydrogens (tertiary/aromatic N) is 1. The number of aliphatic carboxylic acids is 1. The molecule has 2 N–H and O–H groups in total. The van der Waals surface area contributed by atoms with E-state index in [2.05, 4.69) is 12.2 Å². The number of hydrogen-bond donors (Lipinski definition) is 2. The lowest BCUT2D eigenvalue weighted by molar-refractivity contribution is -0.138. The quantitative estimate of drug-likeness (QED) is 0.803. The summed E-state index contributed by atoms with van der Waals surface area (Å²) < 4.78 is 5.52. The predicted octanol–water partition coefficient (Wildman–Crippen LogP) is 1.59. The molecule has 2 rings (SSSR count). The van der Waals surface area contributed by atoms with E-state index in [4.69, 9.17) is 9.84 Å². The molecule has 0 aromatic rings. The van der Waals surface area contributed by atoms with Crippen LogP contribution in [0.1, 0.15) is 45.4 Å². The Morgan fingerprint density at radius 3 is 2.50 bits per heavy atom. The van der Waals surface area contributed by atoms with Crippen molar-refractivity contribution in [2.24, 2.45) is 0 Å². The maximum Gasteiger partial charge on any atom is 0.317 e. The average molecular weight is 284 g/mol. The highest BCUT2D eigenvalue weighted by Crippen LogP contribution is 2.31. The van der Waals surface area contributed by atoms with Crippen molar-refractivity contribution in [2.45, 2.75) is 57.1 Å². The monoisotopic (exact) mass is 284 g/mol. The molecule has 1 aliphatic heterocycles. The molecule has 6 heteroatoms. The average Bonchev–Trinajstić information content (AvgIpc) is 2.37. The van der Waals surface area contributed by atoms with Crippen LogP contribution in [0.4, 0.5) is 4.79 Å². The SMILES string of the molecule is CC1(NC(=O)N2CCC(OCCC(=O)O)CC2)CCC1. The Morgan fingerprint density at radius 1 is 1.35 bits per heavy atom. The van der Waals surface area contributed by atoms with Crippen LogP contribution in [0.15, 0.2) is 0 Å². The minimum absolute atomic E-state index is 0.00802. The summed E-state index contributed by atoms with van der Waals surface area (Å²) in [5.74, 6) is -0.837. The number of piperidine rings is 1. The molecule has 0 bridgehead atoms. The molecular formula is C14H24N2O4. The number of carboxylic acids is 1. The Hall–Kier alpha value is -1.30. The summed E-state index contributed by atoms with van der Waals surface area (Å²) in [6.07, 6.45) is 5.00. The highest BCUT2D eigenvalue weighted by Gasteiger charge is 2.35. The summed E-state index contributed by atoms with van der Waals surface area (Å²) in [6.45, 7) is 3.71. The van der Waals surface area contributed by atoms with Crippen molar-refractivity contribution >= 4 is 12.0 Å². The summed E-state index contributed by atoms with van der Waals surface area (Å²) in [4.78, 5) is 24.4. The zero-order chi connectivity index (χ0) is 14.6. The summed E-state index contributed by atoms with van der Waals surface area (Å²) >= 11 is 0. The van der Waals surface area contributed by atoms with Gasteiger partial charge >= 0.3 is 12.0 Å². The molecule has 0 spiro atoms. The second kappa shape index (κ2) is 6.43. The van der Waals surface area contributed by atoms with Crippen molar-refractivity contribution in [2.75, 3.05) is 19.7 Å². The minimum Gasteiger partial charge on any atom is -0.481 e. The van der Waals surface area contributed by atoms with E-state index in [1.54, 1.807) is 0 Å². The normalized spacial score (nSPS) is 22.1. The maximum absolute atomic E-state index is 12.1. The number of nitrogens with one attached hydrogen (secondary N) is 1. The largest absolute Gasteiger partial charge is 0.481 e. The number of urea groups is 1. The molecule has 2 aliphatic rings. The van der Waals surface area contributed by atoms with Crippen LogP contribution < -0.4 is 5.32 Å². The van der Waals surface area contributed by atoms with Gasteiger partial charge < -0.3 is 20.1 Å². The molecule has 2 fully saturated rings. The van der Waals surface area contributed by atoms with Gasteiger partial charge in [-0.3, -0.25) is 4.79 Å². The highest BCUT2D eigenvalue weighted by molar-refractivity contribution is 5.75. The van der Waals surface area contributed by atoms with Crippen LogP contribution in [0.3, 0.4) is 0 Å². The molecule has 1 saturated carbocycles. The van der Waals surface area contributed by atoms with Gasteiger partial charge in [0.05, 0.1) is 19.1 Å². The summed E-state index contributed by atoms with van der Waals surface area (Å²) in [5, 5.41) is 11.7. The second-order valence-electron chi connectivity index (χ2n) is 6.05. The van der Waals surface area contributed by atoms with Gasteiger partial charge in [0.2, 0.25) is 0 Å². The Balaban J connectivity index is 1.65. The van der Waals surface area contributed by atoms with E-state index in [1.807, 2.05) is 4.90 Å². The van der Waals surface area contributed by atoms with Crippen molar-refractivity contribution in [3.05, 3.63) is 0 Å². The Labute approximate surface area is 119 Å². The maximum atomic E-state index is 12.1. The standard InChI is InChI=1S/C14H24N2O4/c1-14(6-2-7-14)15-13(19)16-8-3-11(4-9-16)20-10-5-12(17)18/h11H,2-10H2,1H3,(H,15,19)(H,17,18). The molecule has 2 amide bonds. The van der Waals surface area contributed by atoms with Crippen molar-refractivity contribution < 1.29 is 19.4 Å². The van der Waals surface area contributed by atoms with Crippen molar-refractivity contribution in [3.8, 4) is 0 Å². The highest BCUT2D eigenvalue weighted by atomic mass is 16.5. The van der Waals surface area contributed by atoms with E-state index in [0.717, 1.165) is 25.7 Å². The number of likely N-dealkylation sites (tertiary alicyclic amines) is 1. The van der Waals surface area contributed by atoms with Gasteiger partial charge in [0.1, 0.15) is 0 Å². The van der Waals surface area contributed by atoms with E-state index >= 15 is 0 Å². The molecule has 20 heavy (non-hydrogen) atoms. The van der Waals surface area contributed by atoms with E-state index in [-0.39, 0.29) is 30.7 Å². The topological polar surface area (TPSA) is 78.9 Å². The number of ether oxygens (including phenoxy) is 1. The fraction of sp³-hybridized carbons (Fsp3) is 0.857. The number of carbonyl (C=O) groups excluding carboxylic acids is 1. The first-order valence-corrected chi connectivity index (χ1v) is 7.39. The van der Waals surface area contributed by atoms with Crippen LogP contribution in [-0.4, -0.2) is 53.3 Å². The third kappa shape index (κ3) is 4.10. The van der Waals surface area contributed by atoms with E-state index < -0.39 is 5.97 Å². The Kier molecular flexibility index (Phi) is 4.86. The molecule has 1 heterocycles. The predicted molar refractivity (Wildman–Crippen MR) is 73.6 cm³/mol. The van der Waals surface area contributed by atoms with Crippen LogP contribution in [0, 0.1) is 0 Å². The van der Waals surface area contributed by atoms with Gasteiger partial charge in [-0.15, -0.1) is 0 Å². The van der Waals surface area contributed by atoms with E-state index in [0.29, 0.717) is 13.1 Å². The van der Waals surface area contributed by atoms with Crippen LogP contribution in [0.5, 0.6) is 0 Å². The van der Waals surface area contributed by atoms with Gasteiger partial charge in [0, 0.05) is 18.6 Å². The second-order valence-corrected chi connectivity index (χ2v) is 6.05. The summed E-state index contributed by atoms with van der Waals surface area (Å²) in [6, 6.07) is 0.0242. The van der Waals surface area contributed by atoms with Crippen LogP contribution in [-0.2, 0) is 9.53 Å². The zero-order valence-electron chi connectivity index (χ0n) is 12.1. The van der Waals surface area contributed by atoms with Crippen molar-refractivity contribution in [1.29, 1.82) is 0 Å². The lowest BCUT2D eigenvalue weighted by Crippen LogP contribution is -2.56. The van der Waals surface area contributed by atoms with Gasteiger partial charge in [-0.25, -0.2) is 4.79 Å². The summed E-state index contributed by atoms with van der Waals surface area (Å²) in [5.41, 5.74) is -0.00802. The van der Waals surface area contributed by atoms with Gasteiger partial charge in [-0.2, -0.15) is 0 Å². The lowest BCUT2D eigenvalue weighted by Gasteiger charge is -2.41. The first-order valence-electron chi connectivity index (χ1n) is 7.39. The van der Waals surface area contributed by atoms with Gasteiger partial charge in [0.25, 0.3) is 0 Å². The number of rotatable bonds is 5. The fourth-order valence-corrected chi connectivity index (χ4v) is 2.71. The number of carbonyl (C=O) groups is 2. The lowest BCUT2D eigenvalue weighted by atomic mass is 9.79. The smallest absolute Gasteiger partial charge is 0.317 e. The van der Waals surface area contributed by atoms with Crippen molar-refractivity contribution in [3.63, 3.8) is 0 Å². The van der Waals surface area contributed by atoms with Crippen molar-refractivity contribution in [1.82, 2.24) is 10.2 Å².